The molecule has 35 heavy (non-hydrogen) atoms. The molecule has 3 aromatic carbocycles. The molecule has 4 heteroatoms. The zero-order valence-electron chi connectivity index (χ0n) is 21.1. The maximum atomic E-state index is 13.2. The Hall–Kier alpha value is -2.98. The van der Waals surface area contributed by atoms with Gasteiger partial charge in [0.2, 0.25) is 0 Å². The van der Waals surface area contributed by atoms with Gasteiger partial charge in [-0.15, -0.1) is 6.58 Å². The highest BCUT2D eigenvalue weighted by atomic mass is 19.1. The Morgan fingerprint density at radius 3 is 2.29 bits per heavy atom. The quantitative estimate of drug-likeness (QED) is 0.386. The van der Waals surface area contributed by atoms with Crippen LogP contribution in [0.4, 0.5) is 4.39 Å². The van der Waals surface area contributed by atoms with Crippen LogP contribution in [0.1, 0.15) is 54.9 Å². The summed E-state index contributed by atoms with van der Waals surface area (Å²) in [4.78, 5) is 17.8. The zero-order valence-corrected chi connectivity index (χ0v) is 21.1. The number of allylic oxidation sites excluding steroid dienone is 1. The zero-order chi connectivity index (χ0) is 24.8. The number of piperidine rings is 1. The fraction of sp³-hybridized carbons (Fsp3) is 0.387. The lowest BCUT2D eigenvalue weighted by molar-refractivity contribution is 0.0784. The first-order chi connectivity index (χ1) is 16.9. The molecular weight excluding hydrogens is 435 g/mol. The standard InChI is InChI=1S/C27H29FN2O.C4H8/c28-24-10-8-21(9-11-24)22-13-15-29(16-14-22)18-20-12-17-30(19-20)27(31)26-7-3-5-23-4-1-2-6-25(23)26;1-4(2)3/h1-11,20,22H,12-19H2;1H2,2-3H3/t20-;/m1./s1. The molecule has 0 unspecified atom stereocenters. The van der Waals surface area contributed by atoms with E-state index in [1.807, 2.05) is 61.2 Å². The second-order valence-electron chi connectivity index (χ2n) is 10.3. The molecule has 0 radical (unpaired) electrons. The van der Waals surface area contributed by atoms with Gasteiger partial charge in [-0.25, -0.2) is 4.39 Å². The van der Waals surface area contributed by atoms with Crippen molar-refractivity contribution in [3.63, 3.8) is 0 Å². The molecule has 0 N–H and O–H groups in total. The minimum atomic E-state index is -0.162. The molecule has 1 atom stereocenters. The van der Waals surface area contributed by atoms with Crippen LogP contribution in [0.2, 0.25) is 0 Å². The fourth-order valence-corrected chi connectivity index (χ4v) is 5.30. The van der Waals surface area contributed by atoms with E-state index >= 15 is 0 Å². The van der Waals surface area contributed by atoms with Crippen LogP contribution in [0.3, 0.4) is 0 Å². The van der Waals surface area contributed by atoms with Gasteiger partial charge in [-0.2, -0.15) is 0 Å². The molecule has 2 aliphatic heterocycles. The first kappa shape index (κ1) is 25.1. The molecule has 2 aliphatic rings. The summed E-state index contributed by atoms with van der Waals surface area (Å²) in [7, 11) is 0. The van der Waals surface area contributed by atoms with Gasteiger partial charge in [-0.3, -0.25) is 4.79 Å². The van der Waals surface area contributed by atoms with Crippen LogP contribution in [0.5, 0.6) is 0 Å². The van der Waals surface area contributed by atoms with Gasteiger partial charge in [0.15, 0.2) is 0 Å². The first-order valence-corrected chi connectivity index (χ1v) is 12.8. The van der Waals surface area contributed by atoms with Crippen LogP contribution in [-0.4, -0.2) is 48.4 Å². The number of amides is 1. The number of hydrogen-bond donors (Lipinski definition) is 0. The molecule has 0 bridgehead atoms. The summed E-state index contributed by atoms with van der Waals surface area (Å²) in [6.07, 6.45) is 3.32. The summed E-state index contributed by atoms with van der Waals surface area (Å²) in [6.45, 7) is 12.4. The van der Waals surface area contributed by atoms with Gasteiger partial charge < -0.3 is 9.80 Å². The second-order valence-corrected chi connectivity index (χ2v) is 10.3. The van der Waals surface area contributed by atoms with E-state index in [4.69, 9.17) is 0 Å². The van der Waals surface area contributed by atoms with Gasteiger partial charge in [0.1, 0.15) is 5.82 Å². The van der Waals surface area contributed by atoms with E-state index in [1.165, 1.54) is 11.1 Å². The lowest BCUT2D eigenvalue weighted by Crippen LogP contribution is -2.37. The molecule has 3 aromatic rings. The van der Waals surface area contributed by atoms with E-state index in [-0.39, 0.29) is 11.7 Å². The van der Waals surface area contributed by atoms with Crippen LogP contribution in [-0.2, 0) is 0 Å². The Labute approximate surface area is 209 Å². The average Bonchev–Trinajstić information content (AvgIpc) is 3.32. The SMILES string of the molecule is C=C(C)C.O=C(c1cccc2ccccc12)N1CC[C@H](CN2CCC(c3ccc(F)cc3)CC2)C1. The van der Waals surface area contributed by atoms with Gasteiger partial charge in [0.25, 0.3) is 5.91 Å². The van der Waals surface area contributed by atoms with Crippen molar-refractivity contribution >= 4 is 16.7 Å². The number of benzene rings is 3. The summed E-state index contributed by atoms with van der Waals surface area (Å²) >= 11 is 0. The Kier molecular flexibility index (Phi) is 8.35. The second kappa shape index (κ2) is 11.6. The van der Waals surface area contributed by atoms with E-state index in [2.05, 4.69) is 23.6 Å². The van der Waals surface area contributed by atoms with Gasteiger partial charge in [-0.05, 0) is 92.6 Å². The highest BCUT2D eigenvalue weighted by molar-refractivity contribution is 6.07. The molecule has 2 saturated heterocycles. The predicted molar refractivity (Wildman–Crippen MR) is 143 cm³/mol. The number of nitrogens with zero attached hydrogens (tertiary/aromatic N) is 2. The van der Waals surface area contributed by atoms with E-state index in [1.54, 1.807) is 12.1 Å². The predicted octanol–water partition coefficient (Wildman–Crippen LogP) is 6.90. The molecule has 2 heterocycles. The summed E-state index contributed by atoms with van der Waals surface area (Å²) in [5.41, 5.74) is 3.24. The van der Waals surface area contributed by atoms with Crippen LogP contribution >= 0.6 is 0 Å². The van der Waals surface area contributed by atoms with Gasteiger partial charge in [-0.1, -0.05) is 54.1 Å². The maximum absolute atomic E-state index is 13.2. The van der Waals surface area contributed by atoms with Gasteiger partial charge in [0.05, 0.1) is 0 Å². The lowest BCUT2D eigenvalue weighted by atomic mass is 9.89. The number of hydrogen-bond acceptors (Lipinski definition) is 2. The molecular formula is C31H37FN2O. The van der Waals surface area contributed by atoms with Crippen molar-refractivity contribution in [1.82, 2.24) is 9.80 Å². The fourth-order valence-electron chi connectivity index (χ4n) is 5.30. The molecule has 0 aliphatic carbocycles. The van der Waals surface area contributed by atoms with E-state index < -0.39 is 0 Å². The van der Waals surface area contributed by atoms with Crippen molar-refractivity contribution in [1.29, 1.82) is 0 Å². The Morgan fingerprint density at radius 2 is 1.57 bits per heavy atom. The topological polar surface area (TPSA) is 23.6 Å². The highest BCUT2D eigenvalue weighted by Gasteiger charge is 2.30. The van der Waals surface area contributed by atoms with Crippen molar-refractivity contribution in [3.05, 3.63) is 95.8 Å². The molecule has 5 rings (SSSR count). The molecule has 1 amide bonds. The number of rotatable bonds is 4. The molecule has 0 aromatic heterocycles. The Morgan fingerprint density at radius 1 is 0.914 bits per heavy atom. The van der Waals surface area contributed by atoms with Crippen molar-refractivity contribution in [2.24, 2.45) is 5.92 Å². The van der Waals surface area contributed by atoms with Crippen molar-refractivity contribution in [2.75, 3.05) is 32.7 Å². The van der Waals surface area contributed by atoms with Crippen LogP contribution in [0.25, 0.3) is 10.8 Å². The number of carbonyl (C=O) groups excluding carboxylic acids is 1. The lowest BCUT2D eigenvalue weighted by Gasteiger charge is -2.33. The van der Waals surface area contributed by atoms with E-state index in [9.17, 15) is 9.18 Å². The summed E-state index contributed by atoms with van der Waals surface area (Å²) < 4.78 is 13.2. The average molecular weight is 473 g/mol. The Balaban J connectivity index is 0.000000672. The van der Waals surface area contributed by atoms with Gasteiger partial charge >= 0.3 is 0 Å². The van der Waals surface area contributed by atoms with Crippen LogP contribution < -0.4 is 0 Å². The highest BCUT2D eigenvalue weighted by Crippen LogP contribution is 2.30. The van der Waals surface area contributed by atoms with Crippen LogP contribution in [0, 0.1) is 11.7 Å². The van der Waals surface area contributed by atoms with Gasteiger partial charge in [0, 0.05) is 25.2 Å². The molecule has 3 nitrogen and oxygen atoms in total. The number of likely N-dealkylation sites (tertiary alicyclic amines) is 2. The maximum Gasteiger partial charge on any atom is 0.254 e. The third-order valence-electron chi connectivity index (χ3n) is 7.04. The van der Waals surface area contributed by atoms with Crippen molar-refractivity contribution in [2.45, 2.75) is 39.0 Å². The normalized spacial score (nSPS) is 18.8. The van der Waals surface area contributed by atoms with Crippen molar-refractivity contribution in [3.8, 4) is 0 Å². The van der Waals surface area contributed by atoms with Crippen molar-refractivity contribution < 1.29 is 9.18 Å². The third-order valence-corrected chi connectivity index (χ3v) is 7.04. The number of halogens is 1. The minimum Gasteiger partial charge on any atom is -0.338 e. The largest absolute Gasteiger partial charge is 0.338 e. The van der Waals surface area contributed by atoms with Crippen LogP contribution in [0.15, 0.2) is 78.9 Å². The molecule has 2 fully saturated rings. The first-order valence-electron chi connectivity index (χ1n) is 12.8. The molecule has 0 saturated carbocycles. The third kappa shape index (κ3) is 6.58. The summed E-state index contributed by atoms with van der Waals surface area (Å²) in [6, 6.07) is 21.1. The summed E-state index contributed by atoms with van der Waals surface area (Å²) in [5, 5.41) is 2.16. The smallest absolute Gasteiger partial charge is 0.254 e. The molecule has 184 valence electrons. The Bertz CT molecular complexity index is 1140. The minimum absolute atomic E-state index is 0.161. The number of carbonyl (C=O) groups is 1. The number of fused-ring (bicyclic) bond motifs is 1. The van der Waals surface area contributed by atoms with E-state index in [0.717, 1.165) is 68.3 Å². The monoisotopic (exact) mass is 472 g/mol. The summed E-state index contributed by atoms with van der Waals surface area (Å²) in [5.74, 6) is 1.07. The van der Waals surface area contributed by atoms with E-state index in [0.29, 0.717) is 11.8 Å². The molecule has 0 spiro atoms.